The first-order chi connectivity index (χ1) is 8.55. The molecule has 2 atom stereocenters. The van der Waals surface area contributed by atoms with Crippen LogP contribution in [0, 0.1) is 5.92 Å². The summed E-state index contributed by atoms with van der Waals surface area (Å²) in [5.74, 6) is 0.439. The number of nitrogens with one attached hydrogen (secondary N) is 1. The van der Waals surface area contributed by atoms with Crippen molar-refractivity contribution < 1.29 is 13.2 Å². The Kier molecular flexibility index (Phi) is 4.64. The Morgan fingerprint density at radius 3 is 2.50 bits per heavy atom. The summed E-state index contributed by atoms with van der Waals surface area (Å²) in [6, 6.07) is 0. The van der Waals surface area contributed by atoms with Gasteiger partial charge in [-0.2, -0.15) is 4.31 Å². The number of methoxy groups -OCH3 is 1. The lowest BCUT2D eigenvalue weighted by atomic mass is 9.97. The Morgan fingerprint density at radius 2 is 1.89 bits per heavy atom. The lowest BCUT2D eigenvalue weighted by molar-refractivity contribution is 0.0180. The largest absolute Gasteiger partial charge is 0.380 e. The molecule has 18 heavy (non-hydrogen) atoms. The average molecular weight is 276 g/mol. The molecule has 0 aromatic rings. The van der Waals surface area contributed by atoms with Crippen molar-refractivity contribution in [3.63, 3.8) is 0 Å². The zero-order chi connectivity index (χ0) is 13.2. The predicted octanol–water partition coefficient (Wildman–Crippen LogP) is 0.425. The topological polar surface area (TPSA) is 58.6 Å². The van der Waals surface area contributed by atoms with Crippen LogP contribution in [0.5, 0.6) is 0 Å². The van der Waals surface area contributed by atoms with Crippen LogP contribution in [0.15, 0.2) is 0 Å². The van der Waals surface area contributed by atoms with Crippen LogP contribution in [-0.2, 0) is 14.8 Å². The Balaban J connectivity index is 2.05. The highest BCUT2D eigenvalue weighted by Crippen LogP contribution is 2.25. The minimum absolute atomic E-state index is 0.0373. The van der Waals surface area contributed by atoms with Crippen molar-refractivity contribution in [2.45, 2.75) is 37.5 Å². The smallest absolute Gasteiger partial charge is 0.217 e. The van der Waals surface area contributed by atoms with Gasteiger partial charge in [0.25, 0.3) is 0 Å². The van der Waals surface area contributed by atoms with Crippen LogP contribution in [0.1, 0.15) is 26.2 Å². The van der Waals surface area contributed by atoms with Gasteiger partial charge in [-0.05, 0) is 38.3 Å². The molecule has 2 heterocycles. The molecule has 2 saturated heterocycles. The fourth-order valence-corrected chi connectivity index (χ4v) is 4.82. The van der Waals surface area contributed by atoms with E-state index in [1.807, 2.05) is 0 Å². The fourth-order valence-electron chi connectivity index (χ4n) is 2.85. The zero-order valence-corrected chi connectivity index (χ0v) is 12.1. The number of rotatable bonds is 3. The van der Waals surface area contributed by atoms with Crippen molar-refractivity contribution in [3.05, 3.63) is 0 Å². The van der Waals surface area contributed by atoms with Crippen LogP contribution in [0.3, 0.4) is 0 Å². The van der Waals surface area contributed by atoms with E-state index >= 15 is 0 Å². The van der Waals surface area contributed by atoms with Gasteiger partial charge in [-0.25, -0.2) is 8.42 Å². The van der Waals surface area contributed by atoms with Crippen molar-refractivity contribution in [1.29, 1.82) is 0 Å². The second-order valence-electron chi connectivity index (χ2n) is 5.39. The summed E-state index contributed by atoms with van der Waals surface area (Å²) in [7, 11) is -1.47. The molecule has 0 aromatic heterocycles. The normalized spacial score (nSPS) is 32.6. The van der Waals surface area contributed by atoms with Crippen LogP contribution < -0.4 is 5.32 Å². The van der Waals surface area contributed by atoms with E-state index in [2.05, 4.69) is 12.2 Å². The Bertz CT molecular complexity index is 366. The molecular formula is C12H24N2O3S. The third kappa shape index (κ3) is 2.87. The van der Waals surface area contributed by atoms with E-state index in [0.29, 0.717) is 19.0 Å². The molecule has 2 fully saturated rings. The predicted molar refractivity (Wildman–Crippen MR) is 71.0 cm³/mol. The summed E-state index contributed by atoms with van der Waals surface area (Å²) in [6.07, 6.45) is 2.39. The first-order valence-electron chi connectivity index (χ1n) is 6.78. The number of nitrogens with zero attached hydrogens (tertiary/aromatic N) is 1. The molecule has 0 aromatic carbocycles. The summed E-state index contributed by atoms with van der Waals surface area (Å²) >= 11 is 0. The highest BCUT2D eigenvalue weighted by molar-refractivity contribution is 7.89. The summed E-state index contributed by atoms with van der Waals surface area (Å²) in [5.41, 5.74) is 0. The van der Waals surface area contributed by atoms with Gasteiger partial charge in [0.05, 0.1) is 11.4 Å². The van der Waals surface area contributed by atoms with Gasteiger partial charge in [0.1, 0.15) is 0 Å². The molecule has 6 heteroatoms. The minimum Gasteiger partial charge on any atom is -0.380 e. The number of sulfonamides is 1. The van der Waals surface area contributed by atoms with E-state index in [1.54, 1.807) is 11.4 Å². The number of hydrogen-bond acceptors (Lipinski definition) is 4. The third-order valence-electron chi connectivity index (χ3n) is 4.22. The van der Waals surface area contributed by atoms with Crippen molar-refractivity contribution in [3.8, 4) is 0 Å². The molecule has 1 N–H and O–H groups in total. The minimum atomic E-state index is -3.14. The van der Waals surface area contributed by atoms with Crippen molar-refractivity contribution in [2.24, 2.45) is 5.92 Å². The Hall–Kier alpha value is -0.170. The Morgan fingerprint density at radius 1 is 1.22 bits per heavy atom. The highest BCUT2D eigenvalue weighted by Gasteiger charge is 2.37. The van der Waals surface area contributed by atoms with Gasteiger partial charge in [-0.1, -0.05) is 6.92 Å². The lowest BCUT2D eigenvalue weighted by Crippen LogP contribution is -2.51. The monoisotopic (exact) mass is 276 g/mol. The zero-order valence-electron chi connectivity index (χ0n) is 11.3. The van der Waals surface area contributed by atoms with Crippen LogP contribution in [0.4, 0.5) is 0 Å². The van der Waals surface area contributed by atoms with E-state index in [-0.39, 0.29) is 11.4 Å². The Labute approximate surface area is 110 Å². The van der Waals surface area contributed by atoms with E-state index < -0.39 is 10.0 Å². The number of hydrogen-bond donors (Lipinski definition) is 1. The summed E-state index contributed by atoms with van der Waals surface area (Å²) in [5, 5.41) is 3.01. The van der Waals surface area contributed by atoms with Crippen LogP contribution >= 0.6 is 0 Å². The molecule has 0 aliphatic carbocycles. The van der Waals surface area contributed by atoms with Gasteiger partial charge >= 0.3 is 0 Å². The summed E-state index contributed by atoms with van der Waals surface area (Å²) < 4.78 is 32.2. The SMILES string of the molecule is COC1CN(S(=O)(=O)C2CCNCC2)CCC1C. The van der Waals surface area contributed by atoms with Gasteiger partial charge in [-0.15, -0.1) is 0 Å². The first-order valence-corrected chi connectivity index (χ1v) is 8.28. The van der Waals surface area contributed by atoms with Gasteiger partial charge in [0, 0.05) is 20.2 Å². The molecule has 106 valence electrons. The molecule has 0 amide bonds. The number of ether oxygens (including phenoxy) is 1. The van der Waals surface area contributed by atoms with Crippen LogP contribution in [-0.4, -0.2) is 57.4 Å². The number of piperidine rings is 2. The second kappa shape index (κ2) is 5.86. The quantitative estimate of drug-likeness (QED) is 0.812. The standard InChI is InChI=1S/C12H24N2O3S/c1-10-5-8-14(9-12(10)17-2)18(15,16)11-3-6-13-7-4-11/h10-13H,3-9H2,1-2H3. The van der Waals surface area contributed by atoms with Gasteiger partial charge < -0.3 is 10.1 Å². The summed E-state index contributed by atoms with van der Waals surface area (Å²) in [4.78, 5) is 0. The molecule has 5 nitrogen and oxygen atoms in total. The molecule has 2 aliphatic rings. The third-order valence-corrected chi connectivity index (χ3v) is 6.59. The van der Waals surface area contributed by atoms with Gasteiger partial charge in [0.15, 0.2) is 0 Å². The molecule has 2 unspecified atom stereocenters. The molecule has 0 spiro atoms. The summed E-state index contributed by atoms with van der Waals surface area (Å²) in [6.45, 7) is 4.91. The van der Waals surface area contributed by atoms with Crippen LogP contribution in [0.25, 0.3) is 0 Å². The van der Waals surface area contributed by atoms with E-state index in [4.69, 9.17) is 4.74 Å². The van der Waals surface area contributed by atoms with Crippen molar-refractivity contribution in [2.75, 3.05) is 33.3 Å². The maximum absolute atomic E-state index is 12.6. The van der Waals surface area contributed by atoms with Crippen molar-refractivity contribution >= 4 is 10.0 Å². The molecule has 2 rings (SSSR count). The van der Waals surface area contributed by atoms with Gasteiger partial charge in [-0.3, -0.25) is 0 Å². The molecule has 0 radical (unpaired) electrons. The van der Waals surface area contributed by atoms with Gasteiger partial charge in [0.2, 0.25) is 10.0 Å². The molecular weight excluding hydrogens is 252 g/mol. The molecule has 2 aliphatic heterocycles. The van der Waals surface area contributed by atoms with E-state index in [9.17, 15) is 8.42 Å². The first kappa shape index (κ1) is 14.2. The molecule has 0 saturated carbocycles. The fraction of sp³-hybridized carbons (Fsp3) is 1.00. The molecule has 0 bridgehead atoms. The second-order valence-corrected chi connectivity index (χ2v) is 7.61. The van der Waals surface area contributed by atoms with Crippen molar-refractivity contribution in [1.82, 2.24) is 9.62 Å². The lowest BCUT2D eigenvalue weighted by Gasteiger charge is -2.38. The highest BCUT2D eigenvalue weighted by atomic mass is 32.2. The van der Waals surface area contributed by atoms with E-state index in [1.165, 1.54) is 0 Å². The maximum Gasteiger partial charge on any atom is 0.217 e. The van der Waals surface area contributed by atoms with E-state index in [0.717, 1.165) is 32.4 Å². The average Bonchev–Trinajstić information content (AvgIpc) is 2.40. The maximum atomic E-state index is 12.6. The van der Waals surface area contributed by atoms with Crippen LogP contribution in [0.2, 0.25) is 0 Å².